The molecule has 0 aliphatic carbocycles. The number of esters is 1. The molecule has 34 heavy (non-hydrogen) atoms. The third kappa shape index (κ3) is 8.65. The van der Waals surface area contributed by atoms with Crippen LogP contribution in [0.3, 0.4) is 0 Å². The number of hydrogen-bond acceptors (Lipinski definition) is 7. The fourth-order valence-electron chi connectivity index (χ4n) is 4.31. The Kier molecular flexibility index (Phi) is 9.09. The van der Waals surface area contributed by atoms with Gasteiger partial charge in [-0.25, -0.2) is 0 Å². The van der Waals surface area contributed by atoms with E-state index >= 15 is 0 Å². The second-order valence-electron chi connectivity index (χ2n) is 10.0. The van der Waals surface area contributed by atoms with E-state index in [4.69, 9.17) is 23.7 Å². The number of allylic oxidation sites excluding steroid dienone is 2. The predicted octanol–water partition coefficient (Wildman–Crippen LogP) is 3.36. The summed E-state index contributed by atoms with van der Waals surface area (Å²) in [5.41, 5.74) is 0.955. The Morgan fingerprint density at radius 3 is 2.56 bits per heavy atom. The number of nitrogens with one attached hydrogen (secondary N) is 1. The zero-order chi connectivity index (χ0) is 24.8. The van der Waals surface area contributed by atoms with Crippen LogP contribution in [-0.4, -0.2) is 67.4 Å². The van der Waals surface area contributed by atoms with Crippen molar-refractivity contribution in [3.63, 3.8) is 0 Å². The van der Waals surface area contributed by atoms with Crippen molar-refractivity contribution < 1.29 is 33.3 Å². The highest BCUT2D eigenvalue weighted by atomic mass is 16.7. The minimum Gasteiger partial charge on any atom is -0.458 e. The van der Waals surface area contributed by atoms with Gasteiger partial charge in [0.05, 0.1) is 43.2 Å². The number of hydrogen-bond donors (Lipinski definition) is 1. The predicted molar refractivity (Wildman–Crippen MR) is 127 cm³/mol. The van der Waals surface area contributed by atoms with Gasteiger partial charge in [0.15, 0.2) is 6.29 Å². The van der Waals surface area contributed by atoms with E-state index < -0.39 is 6.10 Å². The number of epoxide rings is 1. The van der Waals surface area contributed by atoms with E-state index in [0.29, 0.717) is 26.1 Å². The fourth-order valence-corrected chi connectivity index (χ4v) is 4.31. The van der Waals surface area contributed by atoms with Crippen LogP contribution in [0.25, 0.3) is 0 Å². The molecule has 3 aliphatic heterocycles. The van der Waals surface area contributed by atoms with E-state index in [-0.39, 0.29) is 41.5 Å². The molecule has 1 spiro atoms. The van der Waals surface area contributed by atoms with Gasteiger partial charge in [0.1, 0.15) is 6.10 Å². The Morgan fingerprint density at radius 1 is 1.21 bits per heavy atom. The zero-order valence-electron chi connectivity index (χ0n) is 21.0. The van der Waals surface area contributed by atoms with Crippen molar-refractivity contribution in [3.8, 4) is 0 Å². The molecule has 3 saturated heterocycles. The van der Waals surface area contributed by atoms with Gasteiger partial charge in [0.25, 0.3) is 0 Å². The molecule has 3 fully saturated rings. The van der Waals surface area contributed by atoms with Crippen molar-refractivity contribution in [2.24, 2.45) is 0 Å². The third-order valence-corrected chi connectivity index (χ3v) is 5.99. The molecule has 1 amide bonds. The first-order valence-corrected chi connectivity index (χ1v) is 12.2. The molecule has 0 saturated carbocycles. The molecule has 0 aromatic carbocycles. The molecule has 3 aliphatic rings. The minimum atomic E-state index is -0.454. The average molecular weight is 478 g/mol. The molecule has 8 heteroatoms. The summed E-state index contributed by atoms with van der Waals surface area (Å²) < 4.78 is 28.5. The lowest BCUT2D eigenvalue weighted by atomic mass is 9.85. The summed E-state index contributed by atoms with van der Waals surface area (Å²) in [6, 6.07) is -0.226. The van der Waals surface area contributed by atoms with Gasteiger partial charge in [-0.3, -0.25) is 9.59 Å². The average Bonchev–Trinajstić information content (AvgIpc) is 3.51. The lowest BCUT2D eigenvalue weighted by molar-refractivity contribution is -0.187. The van der Waals surface area contributed by atoms with Crippen LogP contribution in [0.15, 0.2) is 36.0 Å². The Hall–Kier alpha value is -2.00. The molecular formula is C26H39NO7. The summed E-state index contributed by atoms with van der Waals surface area (Å²) in [5, 5.41) is 2.83. The molecule has 0 radical (unpaired) electrons. The highest BCUT2D eigenvalue weighted by Gasteiger charge is 2.53. The van der Waals surface area contributed by atoms with Gasteiger partial charge >= 0.3 is 5.97 Å². The van der Waals surface area contributed by atoms with E-state index in [1.807, 2.05) is 6.92 Å². The third-order valence-electron chi connectivity index (χ3n) is 5.99. The highest BCUT2D eigenvalue weighted by molar-refractivity contribution is 5.87. The number of carbonyl (C=O) groups excluding carboxylic acids is 2. The molecule has 8 nitrogen and oxygen atoms in total. The maximum absolute atomic E-state index is 12.1. The van der Waals surface area contributed by atoms with Gasteiger partial charge < -0.3 is 29.0 Å². The lowest BCUT2D eigenvalue weighted by Gasteiger charge is -2.38. The summed E-state index contributed by atoms with van der Waals surface area (Å²) >= 11 is 0. The van der Waals surface area contributed by atoms with Crippen molar-refractivity contribution in [3.05, 3.63) is 36.0 Å². The smallest absolute Gasteiger partial charge is 0.306 e. The van der Waals surface area contributed by atoms with Crippen LogP contribution in [0, 0.1) is 0 Å². The molecule has 3 heterocycles. The monoisotopic (exact) mass is 477 g/mol. The minimum absolute atomic E-state index is 0.0139. The lowest BCUT2D eigenvalue weighted by Crippen LogP contribution is -2.46. The normalized spacial score (nSPS) is 32.1. The van der Waals surface area contributed by atoms with Gasteiger partial charge in [-0.2, -0.15) is 0 Å². The van der Waals surface area contributed by atoms with Crippen molar-refractivity contribution in [2.45, 2.75) is 96.0 Å². The number of rotatable bonds is 9. The molecule has 1 N–H and O–H groups in total. The first-order valence-electron chi connectivity index (χ1n) is 12.2. The van der Waals surface area contributed by atoms with Crippen LogP contribution in [0.2, 0.25) is 0 Å². The Bertz CT molecular complexity index is 798. The van der Waals surface area contributed by atoms with Crippen molar-refractivity contribution in [2.75, 3.05) is 19.8 Å². The van der Waals surface area contributed by atoms with Crippen LogP contribution in [0.1, 0.15) is 60.3 Å². The molecule has 190 valence electrons. The molecule has 0 aromatic rings. The summed E-state index contributed by atoms with van der Waals surface area (Å²) in [7, 11) is 0. The first kappa shape index (κ1) is 26.6. The topological polar surface area (TPSA) is 95.6 Å². The van der Waals surface area contributed by atoms with Gasteiger partial charge in [-0.1, -0.05) is 30.7 Å². The highest BCUT2D eigenvalue weighted by Crippen LogP contribution is 2.46. The van der Waals surface area contributed by atoms with Gasteiger partial charge in [-0.05, 0) is 33.8 Å². The SMILES string of the molecule is CCC(=O)O[C@@H](C)/C=C\C(=O)NC1COC(C/C=C(C)/C=C/C2C[C@]3(CO3)CC(C)(C)O2)OC1. The van der Waals surface area contributed by atoms with Gasteiger partial charge in [0.2, 0.25) is 5.91 Å². The molecule has 0 aromatic heterocycles. The van der Waals surface area contributed by atoms with E-state index in [0.717, 1.165) is 25.0 Å². The Morgan fingerprint density at radius 2 is 1.91 bits per heavy atom. The molecule has 3 atom stereocenters. The van der Waals surface area contributed by atoms with Crippen molar-refractivity contribution in [1.29, 1.82) is 0 Å². The quantitative estimate of drug-likeness (QED) is 0.235. The molecule has 0 bridgehead atoms. The summed E-state index contributed by atoms with van der Waals surface area (Å²) in [4.78, 5) is 23.3. The fraction of sp³-hybridized carbons (Fsp3) is 0.692. The number of ether oxygens (including phenoxy) is 5. The summed E-state index contributed by atoms with van der Waals surface area (Å²) in [6.45, 7) is 11.3. The maximum Gasteiger partial charge on any atom is 0.306 e. The van der Waals surface area contributed by atoms with E-state index in [1.54, 1.807) is 19.9 Å². The van der Waals surface area contributed by atoms with Crippen molar-refractivity contribution in [1.82, 2.24) is 5.32 Å². The first-order chi connectivity index (χ1) is 16.1. The summed E-state index contributed by atoms with van der Waals surface area (Å²) in [6.07, 6.45) is 11.2. The van der Waals surface area contributed by atoms with Crippen LogP contribution in [0.5, 0.6) is 0 Å². The maximum atomic E-state index is 12.1. The van der Waals surface area contributed by atoms with Gasteiger partial charge in [-0.15, -0.1) is 0 Å². The Balaban J connectivity index is 1.35. The Labute approximate surface area is 202 Å². The van der Waals surface area contributed by atoms with E-state index in [2.05, 4.69) is 37.4 Å². The molecular weight excluding hydrogens is 438 g/mol. The second-order valence-corrected chi connectivity index (χ2v) is 10.0. The molecule has 3 rings (SSSR count). The molecule has 1 unspecified atom stereocenters. The van der Waals surface area contributed by atoms with E-state index in [9.17, 15) is 9.59 Å². The number of amides is 1. The number of carbonyl (C=O) groups is 2. The van der Waals surface area contributed by atoms with Gasteiger partial charge in [0, 0.05) is 31.8 Å². The summed E-state index contributed by atoms with van der Waals surface area (Å²) in [5.74, 6) is -0.576. The zero-order valence-corrected chi connectivity index (χ0v) is 21.0. The second kappa shape index (κ2) is 11.6. The standard InChI is InChI=1S/C26H39NO7/c1-6-23(29)33-19(3)9-11-22(28)27-20-14-30-24(31-15-20)12-8-18(2)7-10-21-13-26(17-32-26)16-25(4,5)34-21/h7-11,19-21,24H,6,12-17H2,1-5H3,(H,27,28)/b10-7+,11-9-,18-8+/t19-,20?,21?,24?,26+/m0/s1. The van der Waals surface area contributed by atoms with Crippen LogP contribution < -0.4 is 5.32 Å². The van der Waals surface area contributed by atoms with Crippen LogP contribution >= 0.6 is 0 Å². The largest absolute Gasteiger partial charge is 0.458 e. The van der Waals surface area contributed by atoms with E-state index in [1.165, 1.54) is 6.08 Å². The van der Waals surface area contributed by atoms with Crippen LogP contribution in [-0.2, 0) is 33.3 Å². The van der Waals surface area contributed by atoms with Crippen LogP contribution in [0.4, 0.5) is 0 Å². The van der Waals surface area contributed by atoms with Crippen molar-refractivity contribution >= 4 is 11.9 Å².